The Balaban J connectivity index is 1.28. The van der Waals surface area contributed by atoms with Gasteiger partial charge in [0.2, 0.25) is 11.8 Å². The predicted octanol–water partition coefficient (Wildman–Crippen LogP) is 5.95. The summed E-state index contributed by atoms with van der Waals surface area (Å²) in [5.41, 5.74) is 13.5. The molecule has 10 heteroatoms. The average Bonchev–Trinajstić information content (AvgIpc) is 3.72. The normalized spacial score (nSPS) is 10.9. The monoisotopic (exact) mass is 598 g/mol. The molecule has 0 saturated heterocycles. The highest BCUT2D eigenvalue weighted by Gasteiger charge is 2.20. The lowest BCUT2D eigenvalue weighted by molar-refractivity contribution is -0.129. The van der Waals surface area contributed by atoms with Crippen molar-refractivity contribution in [1.82, 2.24) is 31.4 Å². The molecule has 0 saturated carbocycles. The summed E-state index contributed by atoms with van der Waals surface area (Å²) in [4.78, 5) is 24.0. The molecule has 0 spiro atoms. The number of rotatable bonds is 10. The molecule has 10 nitrogen and oxygen atoms in total. The van der Waals surface area contributed by atoms with Crippen LogP contribution >= 0.6 is 0 Å². The predicted molar refractivity (Wildman–Crippen MR) is 170 cm³/mol. The van der Waals surface area contributed by atoms with E-state index in [1.54, 1.807) is 11.0 Å². The smallest absolute Gasteiger partial charge is 0.247 e. The number of nitrogens with zero attached hydrogens (tertiary/aromatic N) is 2. The summed E-state index contributed by atoms with van der Waals surface area (Å²) in [6.45, 7) is 0. The molecule has 2 amide bonds. The molecule has 2 aromatic heterocycles. The zero-order chi connectivity index (χ0) is 31.2. The zero-order valence-corrected chi connectivity index (χ0v) is 24.1. The molecule has 0 radical (unpaired) electrons. The van der Waals surface area contributed by atoms with Crippen molar-refractivity contribution in [3.8, 4) is 56.2 Å². The molecular weight excluding hydrogens is 568 g/mol. The van der Waals surface area contributed by atoms with Crippen molar-refractivity contribution in [3.05, 3.63) is 120 Å². The Morgan fingerprint density at radius 1 is 0.533 bits per heavy atom. The van der Waals surface area contributed by atoms with Gasteiger partial charge in [0.25, 0.3) is 0 Å². The molecule has 45 heavy (non-hydrogen) atoms. The average molecular weight is 599 g/mol. The molecule has 4 aromatic carbocycles. The van der Waals surface area contributed by atoms with E-state index in [2.05, 4.69) is 20.4 Å². The van der Waals surface area contributed by atoms with Crippen LogP contribution in [-0.2, 0) is 22.4 Å². The van der Waals surface area contributed by atoms with Crippen molar-refractivity contribution in [2.24, 2.45) is 0 Å². The van der Waals surface area contributed by atoms with E-state index in [-0.39, 0.29) is 12.8 Å². The maximum atomic E-state index is 12.2. The number of aromatic amines is 2. The summed E-state index contributed by atoms with van der Waals surface area (Å²) in [6, 6.07) is 35.4. The standard InChI is InChI=1S/C35H30N6O4/c42-30(40-44)20-19-28-32(24-7-3-1-4-8-24)36-37-33(28)26-15-11-22(12-16-26)23-13-17-27(18-14-23)35-29(21-31(43)41-45)34(38-39-35)25-9-5-2-6-10-25/h1-18,44-45H,19-21H2,(H,36,37)(H,38,39)(H,40,42)(H,41,43). The first-order chi connectivity index (χ1) is 22.1. The van der Waals surface area contributed by atoms with Crippen LogP contribution in [0.25, 0.3) is 56.2 Å². The van der Waals surface area contributed by atoms with Crippen molar-refractivity contribution >= 4 is 11.8 Å². The first-order valence-corrected chi connectivity index (χ1v) is 14.4. The summed E-state index contributed by atoms with van der Waals surface area (Å²) < 4.78 is 0. The molecule has 0 bridgehead atoms. The Hall–Kier alpha value is -5.84. The third-order valence-corrected chi connectivity index (χ3v) is 7.70. The van der Waals surface area contributed by atoms with Gasteiger partial charge in [-0.25, -0.2) is 11.0 Å². The highest BCUT2D eigenvalue weighted by molar-refractivity contribution is 5.85. The Kier molecular flexibility index (Phi) is 8.58. The SMILES string of the molecule is O=C(CCc1c(-c2ccccc2)n[nH]c1-c1ccc(-c2ccc(-c3n[nH]c(-c4ccccc4)c3CC(=O)NO)cc2)cc1)NO. The van der Waals surface area contributed by atoms with Crippen molar-refractivity contribution in [3.63, 3.8) is 0 Å². The van der Waals surface area contributed by atoms with E-state index < -0.39 is 11.8 Å². The van der Waals surface area contributed by atoms with Crippen LogP contribution in [0, 0.1) is 0 Å². The van der Waals surface area contributed by atoms with Crippen molar-refractivity contribution in [2.45, 2.75) is 19.3 Å². The summed E-state index contributed by atoms with van der Waals surface area (Å²) in [7, 11) is 0. The van der Waals surface area contributed by atoms with Gasteiger partial charge in [-0.15, -0.1) is 0 Å². The third kappa shape index (κ3) is 6.28. The number of hydrogen-bond donors (Lipinski definition) is 6. The topological polar surface area (TPSA) is 156 Å². The van der Waals surface area contributed by atoms with Crippen LogP contribution in [0.2, 0.25) is 0 Å². The third-order valence-electron chi connectivity index (χ3n) is 7.70. The molecule has 0 aliphatic heterocycles. The van der Waals surface area contributed by atoms with Crippen LogP contribution in [0.15, 0.2) is 109 Å². The largest absolute Gasteiger partial charge is 0.289 e. The van der Waals surface area contributed by atoms with Gasteiger partial charge in [-0.3, -0.25) is 30.2 Å². The molecule has 0 atom stereocenters. The lowest BCUT2D eigenvalue weighted by atomic mass is 9.95. The van der Waals surface area contributed by atoms with Crippen molar-refractivity contribution in [2.75, 3.05) is 0 Å². The highest BCUT2D eigenvalue weighted by atomic mass is 16.5. The van der Waals surface area contributed by atoms with Crippen LogP contribution in [0.1, 0.15) is 17.5 Å². The second-order valence-electron chi connectivity index (χ2n) is 10.5. The maximum absolute atomic E-state index is 12.2. The van der Waals surface area contributed by atoms with Crippen molar-refractivity contribution < 1.29 is 20.0 Å². The number of amides is 2. The van der Waals surface area contributed by atoms with Gasteiger partial charge < -0.3 is 0 Å². The van der Waals surface area contributed by atoms with E-state index in [1.165, 1.54) is 0 Å². The molecule has 6 aromatic rings. The van der Waals surface area contributed by atoms with Gasteiger partial charge in [0.05, 0.1) is 29.2 Å². The maximum Gasteiger partial charge on any atom is 0.247 e. The van der Waals surface area contributed by atoms with Crippen LogP contribution in [-0.4, -0.2) is 42.6 Å². The highest BCUT2D eigenvalue weighted by Crippen LogP contribution is 2.34. The summed E-state index contributed by atoms with van der Waals surface area (Å²) >= 11 is 0. The number of benzene rings is 4. The molecule has 224 valence electrons. The van der Waals surface area contributed by atoms with Gasteiger partial charge in [0.15, 0.2) is 0 Å². The molecular formula is C35H30N6O4. The number of nitrogens with one attached hydrogen (secondary N) is 4. The van der Waals surface area contributed by atoms with Crippen LogP contribution in [0.5, 0.6) is 0 Å². The number of hydrogen-bond acceptors (Lipinski definition) is 6. The molecule has 0 aliphatic rings. The summed E-state index contributed by atoms with van der Waals surface area (Å²) in [5, 5.41) is 33.5. The van der Waals surface area contributed by atoms with Crippen LogP contribution in [0.4, 0.5) is 0 Å². The Bertz CT molecular complexity index is 1920. The summed E-state index contributed by atoms with van der Waals surface area (Å²) in [6.07, 6.45) is 0.470. The Labute approximate surface area is 258 Å². The first-order valence-electron chi connectivity index (χ1n) is 14.4. The van der Waals surface area contributed by atoms with Gasteiger partial charge in [-0.2, -0.15) is 10.2 Å². The van der Waals surface area contributed by atoms with Gasteiger partial charge in [-0.05, 0) is 28.7 Å². The van der Waals surface area contributed by atoms with E-state index in [4.69, 9.17) is 5.21 Å². The number of H-pyrrole nitrogens is 2. The molecule has 0 unspecified atom stereocenters. The van der Waals surface area contributed by atoms with E-state index >= 15 is 0 Å². The molecule has 0 fully saturated rings. The minimum Gasteiger partial charge on any atom is -0.289 e. The first kappa shape index (κ1) is 29.2. The number of carbonyl (C=O) groups excluding carboxylic acids is 2. The molecule has 0 aliphatic carbocycles. The fraction of sp³-hybridized carbons (Fsp3) is 0.0857. The zero-order valence-electron chi connectivity index (χ0n) is 24.1. The van der Waals surface area contributed by atoms with Gasteiger partial charge in [-0.1, -0.05) is 109 Å². The van der Waals surface area contributed by atoms with Gasteiger partial charge in [0.1, 0.15) is 0 Å². The Morgan fingerprint density at radius 3 is 1.51 bits per heavy atom. The minimum atomic E-state index is -0.528. The van der Waals surface area contributed by atoms with E-state index in [9.17, 15) is 14.8 Å². The van der Waals surface area contributed by atoms with E-state index in [0.29, 0.717) is 17.7 Å². The van der Waals surface area contributed by atoms with Crippen molar-refractivity contribution in [1.29, 1.82) is 0 Å². The quantitative estimate of drug-likeness (QED) is 0.0845. The van der Waals surface area contributed by atoms with Crippen LogP contribution < -0.4 is 11.0 Å². The molecule has 2 heterocycles. The number of aromatic nitrogens is 4. The Morgan fingerprint density at radius 2 is 0.956 bits per heavy atom. The minimum absolute atomic E-state index is 0.0397. The van der Waals surface area contributed by atoms with Gasteiger partial charge in [0, 0.05) is 28.7 Å². The fourth-order valence-corrected chi connectivity index (χ4v) is 5.45. The molecule has 6 N–H and O–H groups in total. The van der Waals surface area contributed by atoms with Gasteiger partial charge >= 0.3 is 0 Å². The lowest BCUT2D eigenvalue weighted by Crippen LogP contribution is -2.21. The second kappa shape index (κ2) is 13.2. The lowest BCUT2D eigenvalue weighted by Gasteiger charge is -2.09. The van der Waals surface area contributed by atoms with E-state index in [1.807, 2.05) is 109 Å². The molecule has 6 rings (SSSR count). The number of carbonyl (C=O) groups is 2. The summed E-state index contributed by atoms with van der Waals surface area (Å²) in [5.74, 6) is -0.991. The van der Waals surface area contributed by atoms with Crippen LogP contribution in [0.3, 0.4) is 0 Å². The van der Waals surface area contributed by atoms with E-state index in [0.717, 1.165) is 56.0 Å². The number of hydroxylamine groups is 2. The second-order valence-corrected chi connectivity index (χ2v) is 10.5. The fourth-order valence-electron chi connectivity index (χ4n) is 5.45.